The highest BCUT2D eigenvalue weighted by Gasteiger charge is 2.08. The molecule has 1 heterocycles. The number of anilines is 1. The first kappa shape index (κ1) is 12.1. The summed E-state index contributed by atoms with van der Waals surface area (Å²) in [5, 5.41) is 12.1. The van der Waals surface area contributed by atoms with Gasteiger partial charge in [0.05, 0.1) is 11.8 Å². The minimum absolute atomic E-state index is 0.0244. The quantitative estimate of drug-likeness (QED) is 0.851. The number of benzene rings is 1. The van der Waals surface area contributed by atoms with Crippen LogP contribution < -0.4 is 5.32 Å². The van der Waals surface area contributed by atoms with Gasteiger partial charge in [0.15, 0.2) is 0 Å². The van der Waals surface area contributed by atoms with Crippen LogP contribution in [0.5, 0.6) is 5.75 Å². The molecule has 0 atom stereocenters. The Labute approximate surface area is 105 Å². The van der Waals surface area contributed by atoms with E-state index in [4.69, 9.17) is 0 Å². The zero-order valence-electron chi connectivity index (χ0n) is 10.3. The third-order valence-electron chi connectivity index (χ3n) is 2.63. The molecule has 0 aliphatic heterocycles. The lowest BCUT2D eigenvalue weighted by Gasteiger charge is -2.09. The van der Waals surface area contributed by atoms with Gasteiger partial charge >= 0.3 is 0 Å². The van der Waals surface area contributed by atoms with Crippen molar-refractivity contribution < 1.29 is 9.90 Å². The van der Waals surface area contributed by atoms with E-state index >= 15 is 0 Å². The van der Waals surface area contributed by atoms with E-state index in [2.05, 4.69) is 10.3 Å². The predicted molar refractivity (Wildman–Crippen MR) is 69.8 cm³/mol. The molecule has 0 radical (unpaired) electrons. The summed E-state index contributed by atoms with van der Waals surface area (Å²) >= 11 is 0. The van der Waals surface area contributed by atoms with Crippen LogP contribution in [0.1, 0.15) is 21.5 Å². The van der Waals surface area contributed by atoms with E-state index in [0.717, 1.165) is 16.8 Å². The zero-order chi connectivity index (χ0) is 13.1. The van der Waals surface area contributed by atoms with Gasteiger partial charge in [-0.15, -0.1) is 0 Å². The fraction of sp³-hybridized carbons (Fsp3) is 0.143. The smallest absolute Gasteiger partial charge is 0.257 e. The van der Waals surface area contributed by atoms with E-state index in [1.807, 2.05) is 32.0 Å². The molecule has 1 aromatic heterocycles. The van der Waals surface area contributed by atoms with E-state index in [1.54, 1.807) is 0 Å². The average Bonchev–Trinajstić information content (AvgIpc) is 2.34. The number of carbonyl (C=O) groups excluding carboxylic acids is 1. The Morgan fingerprint density at radius 3 is 2.72 bits per heavy atom. The maximum Gasteiger partial charge on any atom is 0.257 e. The van der Waals surface area contributed by atoms with Gasteiger partial charge in [-0.1, -0.05) is 12.1 Å². The van der Waals surface area contributed by atoms with Gasteiger partial charge in [0.2, 0.25) is 0 Å². The molecule has 1 amide bonds. The molecule has 0 saturated heterocycles. The molecule has 4 heteroatoms. The number of nitrogens with zero attached hydrogens (tertiary/aromatic N) is 1. The summed E-state index contributed by atoms with van der Waals surface area (Å²) < 4.78 is 0. The number of aromatic nitrogens is 1. The number of rotatable bonds is 2. The lowest BCUT2D eigenvalue weighted by Crippen LogP contribution is -2.13. The fourth-order valence-electron chi connectivity index (χ4n) is 1.62. The third-order valence-corrected chi connectivity index (χ3v) is 2.63. The van der Waals surface area contributed by atoms with Gasteiger partial charge in [0, 0.05) is 11.9 Å². The lowest BCUT2D eigenvalue weighted by molar-refractivity contribution is 0.102. The summed E-state index contributed by atoms with van der Waals surface area (Å²) in [6.45, 7) is 3.89. The molecular formula is C14H14N2O2. The number of carbonyl (C=O) groups is 1. The van der Waals surface area contributed by atoms with E-state index in [9.17, 15) is 9.90 Å². The second-order valence-corrected chi connectivity index (χ2v) is 4.20. The van der Waals surface area contributed by atoms with Crippen molar-refractivity contribution in [1.29, 1.82) is 0 Å². The first-order valence-electron chi connectivity index (χ1n) is 5.59. The van der Waals surface area contributed by atoms with Crippen molar-refractivity contribution >= 4 is 11.6 Å². The Morgan fingerprint density at radius 2 is 2.00 bits per heavy atom. The van der Waals surface area contributed by atoms with E-state index in [1.165, 1.54) is 18.5 Å². The Hall–Kier alpha value is -2.36. The van der Waals surface area contributed by atoms with Crippen molar-refractivity contribution in [2.45, 2.75) is 13.8 Å². The largest absolute Gasteiger partial charge is 0.506 e. The minimum atomic E-state index is -0.285. The monoisotopic (exact) mass is 242 g/mol. The number of pyridine rings is 1. The highest BCUT2D eigenvalue weighted by Crippen LogP contribution is 2.18. The van der Waals surface area contributed by atoms with E-state index < -0.39 is 0 Å². The molecule has 18 heavy (non-hydrogen) atoms. The summed E-state index contributed by atoms with van der Waals surface area (Å²) in [4.78, 5) is 15.7. The third kappa shape index (κ3) is 2.66. The average molecular weight is 242 g/mol. The Bertz CT molecular complexity index is 594. The topological polar surface area (TPSA) is 62.2 Å². The van der Waals surface area contributed by atoms with Crippen LogP contribution in [0, 0.1) is 13.8 Å². The van der Waals surface area contributed by atoms with Crippen molar-refractivity contribution in [3.05, 3.63) is 53.3 Å². The first-order chi connectivity index (χ1) is 8.56. The van der Waals surface area contributed by atoms with Crippen LogP contribution in [0.3, 0.4) is 0 Å². The molecule has 0 spiro atoms. The van der Waals surface area contributed by atoms with Gasteiger partial charge in [-0.25, -0.2) is 0 Å². The molecule has 0 unspecified atom stereocenters. The van der Waals surface area contributed by atoms with Crippen molar-refractivity contribution in [3.8, 4) is 5.75 Å². The summed E-state index contributed by atoms with van der Waals surface area (Å²) in [5.74, 6) is -0.310. The van der Waals surface area contributed by atoms with Gasteiger partial charge in [-0.3, -0.25) is 9.78 Å². The van der Waals surface area contributed by atoms with Crippen molar-refractivity contribution in [3.63, 3.8) is 0 Å². The van der Waals surface area contributed by atoms with E-state index in [-0.39, 0.29) is 11.7 Å². The molecule has 1 aromatic carbocycles. The minimum Gasteiger partial charge on any atom is -0.506 e. The van der Waals surface area contributed by atoms with Crippen LogP contribution in [0.15, 0.2) is 36.7 Å². The van der Waals surface area contributed by atoms with E-state index in [0.29, 0.717) is 5.56 Å². The fourth-order valence-corrected chi connectivity index (χ4v) is 1.62. The van der Waals surface area contributed by atoms with Crippen LogP contribution in [0.2, 0.25) is 0 Å². The van der Waals surface area contributed by atoms with Crippen molar-refractivity contribution in [1.82, 2.24) is 4.98 Å². The predicted octanol–water partition coefficient (Wildman–Crippen LogP) is 2.66. The second kappa shape index (κ2) is 4.87. The molecule has 2 rings (SSSR count). The molecule has 0 aliphatic rings. The number of hydrogen-bond acceptors (Lipinski definition) is 3. The number of aromatic hydroxyl groups is 1. The van der Waals surface area contributed by atoms with Gasteiger partial charge < -0.3 is 10.4 Å². The summed E-state index contributed by atoms with van der Waals surface area (Å²) in [5.41, 5.74) is 3.16. The van der Waals surface area contributed by atoms with Crippen molar-refractivity contribution in [2.24, 2.45) is 0 Å². The molecule has 2 N–H and O–H groups in total. The summed E-state index contributed by atoms with van der Waals surface area (Å²) in [6, 6.07) is 7.23. The summed E-state index contributed by atoms with van der Waals surface area (Å²) in [6.07, 6.45) is 2.70. The molecule has 2 aromatic rings. The highest BCUT2D eigenvalue weighted by molar-refractivity contribution is 6.04. The second-order valence-electron chi connectivity index (χ2n) is 4.20. The molecule has 0 fully saturated rings. The van der Waals surface area contributed by atoms with Gasteiger partial charge in [0.1, 0.15) is 5.75 Å². The van der Waals surface area contributed by atoms with Gasteiger partial charge in [0.25, 0.3) is 5.91 Å². The molecule has 0 saturated carbocycles. The maximum absolute atomic E-state index is 12.0. The SMILES string of the molecule is Cc1ccc(C)c(NC(=O)c2cncc(O)c2)c1. The van der Waals surface area contributed by atoms with Crippen molar-refractivity contribution in [2.75, 3.05) is 5.32 Å². The lowest BCUT2D eigenvalue weighted by atomic mass is 10.1. The molecule has 92 valence electrons. The Morgan fingerprint density at radius 1 is 1.22 bits per heavy atom. The molecular weight excluding hydrogens is 228 g/mol. The molecule has 4 nitrogen and oxygen atoms in total. The number of aryl methyl sites for hydroxylation is 2. The Balaban J connectivity index is 2.24. The van der Waals surface area contributed by atoms with Crippen LogP contribution in [-0.4, -0.2) is 16.0 Å². The first-order valence-corrected chi connectivity index (χ1v) is 5.59. The maximum atomic E-state index is 12.0. The van der Waals surface area contributed by atoms with Crippen LogP contribution in [-0.2, 0) is 0 Å². The van der Waals surface area contributed by atoms with Gasteiger partial charge in [-0.05, 0) is 37.1 Å². The molecule has 0 bridgehead atoms. The number of nitrogens with one attached hydrogen (secondary N) is 1. The Kier molecular flexibility index (Phi) is 3.28. The van der Waals surface area contributed by atoms with Gasteiger partial charge in [-0.2, -0.15) is 0 Å². The zero-order valence-corrected chi connectivity index (χ0v) is 10.3. The standard InChI is InChI=1S/C14H14N2O2/c1-9-3-4-10(2)13(5-9)16-14(18)11-6-12(17)8-15-7-11/h3-8,17H,1-2H3,(H,16,18). The summed E-state index contributed by atoms with van der Waals surface area (Å²) in [7, 11) is 0. The number of amides is 1. The van der Waals surface area contributed by atoms with Crippen LogP contribution >= 0.6 is 0 Å². The number of hydrogen-bond donors (Lipinski definition) is 2. The highest BCUT2D eigenvalue weighted by atomic mass is 16.3. The molecule has 0 aliphatic carbocycles. The normalized spacial score (nSPS) is 10.1. The van der Waals surface area contributed by atoms with Crippen LogP contribution in [0.4, 0.5) is 5.69 Å². The van der Waals surface area contributed by atoms with Crippen LogP contribution in [0.25, 0.3) is 0 Å².